The number of aliphatic hydroxyl groups excluding tert-OH is 4. The predicted molar refractivity (Wildman–Crippen MR) is 178 cm³/mol. The van der Waals surface area contributed by atoms with Crippen LogP contribution >= 0.6 is 0 Å². The van der Waals surface area contributed by atoms with Gasteiger partial charge in [-0.2, -0.15) is 0 Å². The number of nitrogens with zero attached hydrogens (tertiary/aromatic N) is 6. The smallest absolute Gasteiger partial charge is 0.320 e. The van der Waals surface area contributed by atoms with Gasteiger partial charge in [0, 0.05) is 33.1 Å². The van der Waals surface area contributed by atoms with Gasteiger partial charge in [0.2, 0.25) is 0 Å². The van der Waals surface area contributed by atoms with Gasteiger partial charge in [0.05, 0.1) is 36.8 Å². The predicted octanol–water partition coefficient (Wildman–Crippen LogP) is -4.87. The summed E-state index contributed by atoms with van der Waals surface area (Å²) in [5.41, 5.74) is 10.5. The van der Waals surface area contributed by atoms with E-state index in [1.165, 1.54) is 34.4 Å². The minimum absolute atomic E-state index is 0.00952. The molecule has 0 saturated carbocycles. The number of carboxylic acid groups (broad SMARTS) is 1. The number of aliphatic hydroxyl groups is 4. The Kier molecular flexibility index (Phi) is 12.5. The number of ether oxygens (including phenoxy) is 2. The van der Waals surface area contributed by atoms with Crippen LogP contribution < -0.4 is 22.6 Å². The van der Waals surface area contributed by atoms with E-state index >= 15 is 0 Å². The Balaban J connectivity index is 0.000000199. The molecule has 0 radical (unpaired) electrons. The summed E-state index contributed by atoms with van der Waals surface area (Å²) in [5.74, 6) is -0.772. The molecular formula is C27H38N10O12S2. The molecular weight excluding hydrogens is 720 g/mol. The van der Waals surface area contributed by atoms with E-state index < -0.39 is 93.8 Å². The molecule has 0 aromatic carbocycles. The number of hydrogen-bond acceptors (Lipinski definition) is 17. The lowest BCUT2D eigenvalue weighted by atomic mass is 10.1. The van der Waals surface area contributed by atoms with Gasteiger partial charge in [-0.25, -0.2) is 19.9 Å². The molecule has 2 saturated heterocycles. The number of H-pyrrole nitrogens is 2. The third-order valence-corrected chi connectivity index (χ3v) is 11.0. The van der Waals surface area contributed by atoms with Gasteiger partial charge in [0.1, 0.15) is 42.7 Å². The largest absolute Gasteiger partial charge is 0.480 e. The summed E-state index contributed by atoms with van der Waals surface area (Å²) >= 11 is 0. The van der Waals surface area contributed by atoms with E-state index in [9.17, 15) is 43.2 Å². The molecule has 4 aromatic heterocycles. The van der Waals surface area contributed by atoms with Crippen LogP contribution in [0, 0.1) is 0 Å². The fourth-order valence-electron chi connectivity index (χ4n) is 5.45. The number of carboxylic acids is 1. The van der Waals surface area contributed by atoms with Crippen LogP contribution in [0.4, 0.5) is 0 Å². The Hall–Kier alpha value is -3.85. The lowest BCUT2D eigenvalue weighted by Gasteiger charge is -2.16. The zero-order valence-corrected chi connectivity index (χ0v) is 28.3. The number of aromatic nitrogens is 8. The number of carbonyl (C=O) groups is 1. The van der Waals surface area contributed by atoms with Crippen molar-refractivity contribution >= 4 is 49.9 Å². The van der Waals surface area contributed by atoms with Crippen molar-refractivity contribution in [2.45, 2.75) is 68.0 Å². The van der Waals surface area contributed by atoms with Crippen LogP contribution in [0.25, 0.3) is 22.3 Å². The van der Waals surface area contributed by atoms with E-state index in [0.717, 1.165) is 0 Å². The topological polar surface area (TPSA) is 350 Å². The minimum Gasteiger partial charge on any atom is -0.480 e. The van der Waals surface area contributed by atoms with Crippen LogP contribution in [0.15, 0.2) is 34.9 Å². The van der Waals surface area contributed by atoms with Crippen molar-refractivity contribution in [3.63, 3.8) is 0 Å². The summed E-state index contributed by atoms with van der Waals surface area (Å²) in [6.07, 6.45) is -3.29. The number of aromatic amines is 2. The molecule has 0 amide bonds. The van der Waals surface area contributed by atoms with Crippen molar-refractivity contribution < 1.29 is 48.2 Å². The SMILES string of the molecule is NCCCS(=O)CC1OC(n2cnc3c(=O)[nH]cnc32)[C@H](O)[C@@H]1O.N[C@H](CCS(=O)CC1OC(n2cnc3c(=O)[nH]cnc32)[C@H](O)[C@@H]1O)C(=O)O. The molecule has 11 atom stereocenters. The summed E-state index contributed by atoms with van der Waals surface area (Å²) in [5, 5.41) is 49.7. The van der Waals surface area contributed by atoms with Crippen molar-refractivity contribution in [2.24, 2.45) is 11.5 Å². The molecule has 6 unspecified atom stereocenters. The van der Waals surface area contributed by atoms with Crippen LogP contribution in [0.3, 0.4) is 0 Å². The van der Waals surface area contributed by atoms with Gasteiger partial charge < -0.3 is 56.4 Å². The third kappa shape index (κ3) is 8.45. The number of hydrogen-bond donors (Lipinski definition) is 9. The van der Waals surface area contributed by atoms with Crippen LogP contribution in [-0.4, -0.2) is 151 Å². The molecule has 280 valence electrons. The van der Waals surface area contributed by atoms with Gasteiger partial charge in [0.15, 0.2) is 34.8 Å². The summed E-state index contributed by atoms with van der Waals surface area (Å²) in [4.78, 5) is 54.8. The number of imidazole rings is 2. The fourth-order valence-corrected chi connectivity index (χ4v) is 8.07. The second-order valence-corrected chi connectivity index (χ2v) is 14.9. The Bertz CT molecular complexity index is 1990. The van der Waals surface area contributed by atoms with E-state index in [-0.39, 0.29) is 46.0 Å². The van der Waals surface area contributed by atoms with E-state index in [1.54, 1.807) is 0 Å². The maximum Gasteiger partial charge on any atom is 0.320 e. The maximum absolute atomic E-state index is 12.1. The molecule has 24 heteroatoms. The molecule has 2 aliphatic heterocycles. The first-order valence-corrected chi connectivity index (χ1v) is 18.5. The van der Waals surface area contributed by atoms with Crippen LogP contribution in [-0.2, 0) is 35.9 Å². The fraction of sp³-hybridized carbons (Fsp3) is 0.593. The Morgan fingerprint density at radius 2 is 1.25 bits per heavy atom. The molecule has 11 N–H and O–H groups in total. The normalized spacial score (nSPS) is 28.0. The van der Waals surface area contributed by atoms with E-state index in [0.29, 0.717) is 18.7 Å². The van der Waals surface area contributed by atoms with E-state index in [2.05, 4.69) is 29.9 Å². The van der Waals surface area contributed by atoms with Gasteiger partial charge in [-0.05, 0) is 19.4 Å². The molecule has 2 aliphatic rings. The van der Waals surface area contributed by atoms with Crippen molar-refractivity contribution in [3.05, 3.63) is 46.0 Å². The monoisotopic (exact) mass is 758 g/mol. The molecule has 51 heavy (non-hydrogen) atoms. The Labute approximate surface area is 291 Å². The molecule has 0 aliphatic carbocycles. The first kappa shape index (κ1) is 38.4. The Morgan fingerprint density at radius 3 is 1.69 bits per heavy atom. The third-order valence-electron chi connectivity index (χ3n) is 8.20. The van der Waals surface area contributed by atoms with E-state index in [1.807, 2.05) is 0 Å². The number of nitrogens with one attached hydrogen (secondary N) is 2. The quantitative estimate of drug-likeness (QED) is 0.0617. The highest BCUT2D eigenvalue weighted by Gasteiger charge is 2.46. The zero-order valence-electron chi connectivity index (χ0n) is 26.7. The summed E-state index contributed by atoms with van der Waals surface area (Å²) in [6, 6.07) is -1.12. The van der Waals surface area contributed by atoms with Crippen LogP contribution in [0.1, 0.15) is 25.3 Å². The number of fused-ring (bicyclic) bond motifs is 2. The van der Waals surface area contributed by atoms with Crippen molar-refractivity contribution in [3.8, 4) is 0 Å². The standard InChI is InChI=1S/C14H19N5O7S.C13H19N5O5S/c15-6(14(23)24)1-2-27(25)3-7-9(20)10(21)13(26-7)19-5-18-8-11(19)16-4-17-12(8)22;14-2-1-3-24(22)4-7-9(19)10(20)13(23-7)18-6-17-8-11(18)15-5-16-12(8)21/h4-7,9-10,13,20-21H,1-3,15H2,(H,23,24)(H,16,17,22);5-7,9-10,13,19-20H,1-4,14H2,(H,15,16,21)/t6-,7?,9-,10-,13?,27?;7?,9-,10-,13?,24?/m11/s1. The van der Waals surface area contributed by atoms with E-state index in [4.69, 9.17) is 26.0 Å². The molecule has 22 nitrogen and oxygen atoms in total. The molecule has 4 aromatic rings. The van der Waals surface area contributed by atoms with Crippen LogP contribution in [0.5, 0.6) is 0 Å². The second-order valence-electron chi connectivity index (χ2n) is 11.7. The summed E-state index contributed by atoms with van der Waals surface area (Å²) in [7, 11) is -2.72. The molecule has 2 fully saturated rings. The molecule has 0 spiro atoms. The average molecular weight is 759 g/mol. The lowest BCUT2D eigenvalue weighted by molar-refractivity contribution is -0.138. The lowest BCUT2D eigenvalue weighted by Crippen LogP contribution is -2.36. The summed E-state index contributed by atoms with van der Waals surface area (Å²) in [6.45, 7) is 0.437. The number of rotatable bonds is 13. The van der Waals surface area contributed by atoms with Crippen molar-refractivity contribution in [1.29, 1.82) is 0 Å². The average Bonchev–Trinajstić information content (AvgIpc) is 3.86. The first-order valence-electron chi connectivity index (χ1n) is 15.5. The Morgan fingerprint density at radius 1 is 0.804 bits per heavy atom. The molecule has 6 heterocycles. The van der Waals surface area contributed by atoms with Gasteiger partial charge >= 0.3 is 5.97 Å². The number of aliphatic carboxylic acids is 1. The summed E-state index contributed by atoms with van der Waals surface area (Å²) < 4.78 is 38.1. The second kappa shape index (κ2) is 16.7. The highest BCUT2D eigenvalue weighted by molar-refractivity contribution is 7.85. The maximum atomic E-state index is 12.1. The van der Waals surface area contributed by atoms with Gasteiger partial charge in [0.25, 0.3) is 11.1 Å². The van der Waals surface area contributed by atoms with Crippen LogP contribution in [0.2, 0.25) is 0 Å². The molecule has 0 bridgehead atoms. The van der Waals surface area contributed by atoms with Gasteiger partial charge in [-0.15, -0.1) is 0 Å². The highest BCUT2D eigenvalue weighted by atomic mass is 32.2. The minimum atomic E-state index is -1.51. The van der Waals surface area contributed by atoms with Gasteiger partial charge in [-0.3, -0.25) is 31.9 Å². The number of nitrogens with two attached hydrogens (primary N) is 2. The highest BCUT2D eigenvalue weighted by Crippen LogP contribution is 2.32. The first-order chi connectivity index (χ1) is 24.3. The van der Waals surface area contributed by atoms with Crippen molar-refractivity contribution in [2.75, 3.05) is 29.6 Å². The van der Waals surface area contributed by atoms with Gasteiger partial charge in [-0.1, -0.05) is 0 Å². The van der Waals surface area contributed by atoms with Crippen molar-refractivity contribution in [1.82, 2.24) is 39.0 Å². The molecule has 6 rings (SSSR count). The zero-order chi connectivity index (χ0) is 37.0.